The molecule has 0 saturated heterocycles. The first-order valence-electron chi connectivity index (χ1n) is 7.15. The SMILES string of the molecule is CCN(Cc1ccc(C(=O)O)cc1C)c1ccc(C)cc1. The van der Waals surface area contributed by atoms with Gasteiger partial charge in [-0.25, -0.2) is 4.79 Å². The summed E-state index contributed by atoms with van der Waals surface area (Å²) in [7, 11) is 0. The number of rotatable bonds is 5. The summed E-state index contributed by atoms with van der Waals surface area (Å²) in [6.45, 7) is 7.86. The molecule has 0 bridgehead atoms. The van der Waals surface area contributed by atoms with Crippen molar-refractivity contribution in [1.82, 2.24) is 0 Å². The minimum atomic E-state index is -0.879. The molecule has 2 rings (SSSR count). The van der Waals surface area contributed by atoms with Gasteiger partial charge in [-0.3, -0.25) is 0 Å². The molecule has 0 aliphatic carbocycles. The van der Waals surface area contributed by atoms with Crippen molar-refractivity contribution in [2.45, 2.75) is 27.3 Å². The Kier molecular flexibility index (Phi) is 4.63. The van der Waals surface area contributed by atoms with Gasteiger partial charge in [0.15, 0.2) is 0 Å². The first-order valence-corrected chi connectivity index (χ1v) is 7.15. The Morgan fingerprint density at radius 2 is 1.76 bits per heavy atom. The van der Waals surface area contributed by atoms with E-state index in [4.69, 9.17) is 5.11 Å². The third-order valence-electron chi connectivity index (χ3n) is 3.73. The summed E-state index contributed by atoms with van der Waals surface area (Å²) in [6, 6.07) is 13.8. The third kappa shape index (κ3) is 3.63. The molecule has 21 heavy (non-hydrogen) atoms. The number of hydrogen-bond donors (Lipinski definition) is 1. The van der Waals surface area contributed by atoms with Crippen molar-refractivity contribution in [3.8, 4) is 0 Å². The van der Waals surface area contributed by atoms with Crippen LogP contribution in [0.3, 0.4) is 0 Å². The molecule has 0 amide bonds. The summed E-state index contributed by atoms with van der Waals surface area (Å²) >= 11 is 0. The van der Waals surface area contributed by atoms with Crippen molar-refractivity contribution in [2.75, 3.05) is 11.4 Å². The van der Waals surface area contributed by atoms with E-state index in [2.05, 4.69) is 43.0 Å². The standard InChI is InChI=1S/C18H21NO2/c1-4-19(17-9-5-13(2)6-10-17)12-16-8-7-15(18(20)21)11-14(16)3/h5-11H,4,12H2,1-3H3,(H,20,21). The lowest BCUT2D eigenvalue weighted by Crippen LogP contribution is -2.22. The molecule has 0 aliphatic heterocycles. The summed E-state index contributed by atoms with van der Waals surface area (Å²) in [5.41, 5.74) is 4.94. The van der Waals surface area contributed by atoms with Crippen LogP contribution in [0.5, 0.6) is 0 Å². The first kappa shape index (κ1) is 15.1. The van der Waals surface area contributed by atoms with E-state index in [0.29, 0.717) is 5.56 Å². The number of carbonyl (C=O) groups is 1. The van der Waals surface area contributed by atoms with Crippen molar-refractivity contribution < 1.29 is 9.90 Å². The lowest BCUT2D eigenvalue weighted by atomic mass is 10.0. The topological polar surface area (TPSA) is 40.5 Å². The largest absolute Gasteiger partial charge is 0.478 e. The maximum atomic E-state index is 11.0. The number of nitrogens with zero attached hydrogens (tertiary/aromatic N) is 1. The molecule has 0 atom stereocenters. The molecule has 3 nitrogen and oxygen atoms in total. The van der Waals surface area contributed by atoms with Crippen LogP contribution >= 0.6 is 0 Å². The summed E-state index contributed by atoms with van der Waals surface area (Å²) in [5, 5.41) is 9.02. The highest BCUT2D eigenvalue weighted by molar-refractivity contribution is 5.87. The van der Waals surface area contributed by atoms with E-state index >= 15 is 0 Å². The van der Waals surface area contributed by atoms with Crippen molar-refractivity contribution in [2.24, 2.45) is 0 Å². The third-order valence-corrected chi connectivity index (χ3v) is 3.73. The molecule has 2 aromatic rings. The smallest absolute Gasteiger partial charge is 0.335 e. The molecule has 0 heterocycles. The van der Waals surface area contributed by atoms with Gasteiger partial charge in [-0.1, -0.05) is 23.8 Å². The molecule has 2 aromatic carbocycles. The van der Waals surface area contributed by atoms with Gasteiger partial charge < -0.3 is 10.0 Å². The van der Waals surface area contributed by atoms with E-state index in [0.717, 1.165) is 24.2 Å². The van der Waals surface area contributed by atoms with Gasteiger partial charge >= 0.3 is 5.97 Å². The lowest BCUT2D eigenvalue weighted by Gasteiger charge is -2.24. The fourth-order valence-corrected chi connectivity index (χ4v) is 2.35. The molecule has 110 valence electrons. The van der Waals surface area contributed by atoms with Crippen LogP contribution in [0.25, 0.3) is 0 Å². The van der Waals surface area contributed by atoms with Crippen LogP contribution in [0.2, 0.25) is 0 Å². The molecule has 0 spiro atoms. The molecule has 0 aromatic heterocycles. The highest BCUT2D eigenvalue weighted by atomic mass is 16.4. The fourth-order valence-electron chi connectivity index (χ4n) is 2.35. The minimum absolute atomic E-state index is 0.342. The first-order chi connectivity index (χ1) is 10.0. The number of aryl methyl sites for hydroxylation is 2. The lowest BCUT2D eigenvalue weighted by molar-refractivity contribution is 0.0697. The predicted octanol–water partition coefficient (Wildman–Crippen LogP) is 4.03. The zero-order valence-electron chi connectivity index (χ0n) is 12.8. The zero-order valence-corrected chi connectivity index (χ0v) is 12.8. The molecular weight excluding hydrogens is 262 g/mol. The quantitative estimate of drug-likeness (QED) is 0.900. The van der Waals surface area contributed by atoms with Crippen molar-refractivity contribution in [3.05, 3.63) is 64.7 Å². The Hall–Kier alpha value is -2.29. The number of carboxylic acids is 1. The van der Waals surface area contributed by atoms with Gasteiger partial charge in [-0.2, -0.15) is 0 Å². The van der Waals surface area contributed by atoms with Gasteiger partial charge in [0.25, 0.3) is 0 Å². The zero-order chi connectivity index (χ0) is 15.4. The van der Waals surface area contributed by atoms with E-state index in [1.165, 1.54) is 11.3 Å². The van der Waals surface area contributed by atoms with Gasteiger partial charge in [0.2, 0.25) is 0 Å². The van der Waals surface area contributed by atoms with Gasteiger partial charge in [0.05, 0.1) is 5.56 Å². The number of aromatic carboxylic acids is 1. The summed E-state index contributed by atoms with van der Waals surface area (Å²) in [4.78, 5) is 13.3. The molecule has 3 heteroatoms. The Morgan fingerprint density at radius 3 is 2.29 bits per heavy atom. The average molecular weight is 283 g/mol. The van der Waals surface area contributed by atoms with E-state index in [1.807, 2.05) is 13.0 Å². The summed E-state index contributed by atoms with van der Waals surface area (Å²) < 4.78 is 0. The van der Waals surface area contributed by atoms with Gasteiger partial charge in [0, 0.05) is 18.8 Å². The highest BCUT2D eigenvalue weighted by Crippen LogP contribution is 2.20. The van der Waals surface area contributed by atoms with Gasteiger partial charge in [-0.15, -0.1) is 0 Å². The molecule has 0 saturated carbocycles. The number of anilines is 1. The Labute approximate surface area is 125 Å². The van der Waals surface area contributed by atoms with Crippen LogP contribution in [-0.4, -0.2) is 17.6 Å². The summed E-state index contributed by atoms with van der Waals surface area (Å²) in [6.07, 6.45) is 0. The number of benzene rings is 2. The van der Waals surface area contributed by atoms with E-state index in [1.54, 1.807) is 12.1 Å². The molecule has 0 aliphatic rings. The molecule has 1 N–H and O–H groups in total. The molecular formula is C18H21NO2. The van der Waals surface area contributed by atoms with Crippen LogP contribution in [0, 0.1) is 13.8 Å². The minimum Gasteiger partial charge on any atom is -0.478 e. The maximum Gasteiger partial charge on any atom is 0.335 e. The molecule has 0 radical (unpaired) electrons. The second kappa shape index (κ2) is 6.44. The van der Waals surface area contributed by atoms with Crippen molar-refractivity contribution in [3.63, 3.8) is 0 Å². The normalized spacial score (nSPS) is 10.4. The second-order valence-electron chi connectivity index (χ2n) is 5.30. The number of hydrogen-bond acceptors (Lipinski definition) is 2. The van der Waals surface area contributed by atoms with Crippen LogP contribution in [0.15, 0.2) is 42.5 Å². The second-order valence-corrected chi connectivity index (χ2v) is 5.30. The predicted molar refractivity (Wildman–Crippen MR) is 86.0 cm³/mol. The average Bonchev–Trinajstić information content (AvgIpc) is 2.47. The van der Waals surface area contributed by atoms with Crippen molar-refractivity contribution in [1.29, 1.82) is 0 Å². The Bertz CT molecular complexity index is 632. The highest BCUT2D eigenvalue weighted by Gasteiger charge is 2.09. The van der Waals surface area contributed by atoms with Crippen molar-refractivity contribution >= 4 is 11.7 Å². The van der Waals surface area contributed by atoms with E-state index in [-0.39, 0.29) is 0 Å². The van der Waals surface area contributed by atoms with Gasteiger partial charge in [-0.05, 0) is 56.2 Å². The van der Waals surface area contributed by atoms with Crippen LogP contribution in [0.1, 0.15) is 34.0 Å². The van der Waals surface area contributed by atoms with Crippen LogP contribution in [0.4, 0.5) is 5.69 Å². The Morgan fingerprint density at radius 1 is 1.10 bits per heavy atom. The molecule has 0 unspecified atom stereocenters. The van der Waals surface area contributed by atoms with Crippen LogP contribution in [-0.2, 0) is 6.54 Å². The van der Waals surface area contributed by atoms with E-state index < -0.39 is 5.97 Å². The van der Waals surface area contributed by atoms with Crippen LogP contribution < -0.4 is 4.90 Å². The summed E-state index contributed by atoms with van der Waals surface area (Å²) in [5.74, 6) is -0.879. The maximum absolute atomic E-state index is 11.0. The monoisotopic (exact) mass is 283 g/mol. The number of carboxylic acid groups (broad SMARTS) is 1. The Balaban J connectivity index is 2.22. The fraction of sp³-hybridized carbons (Fsp3) is 0.278. The molecule has 0 fully saturated rings. The van der Waals surface area contributed by atoms with Gasteiger partial charge in [0.1, 0.15) is 0 Å². The van der Waals surface area contributed by atoms with E-state index in [9.17, 15) is 4.79 Å².